The van der Waals surface area contributed by atoms with Gasteiger partial charge in [-0.25, -0.2) is 0 Å². The number of carbonyl (C=O) groups excluding carboxylic acids is 2. The van der Waals surface area contributed by atoms with Gasteiger partial charge in [0.15, 0.2) is 11.6 Å². The maximum Gasteiger partial charge on any atom is 0.195 e. The Morgan fingerprint density at radius 3 is 2.22 bits per heavy atom. The SMILES string of the molecule is CCc1ccc2c(Br)cc3c(c2c1)C(=O)c1ccccc1C3=O. The molecular formula is C20H13BrO2. The number of ketones is 2. The predicted octanol–water partition coefficient (Wildman–Crippen LogP) is 4.94. The maximum atomic E-state index is 13.0. The summed E-state index contributed by atoms with van der Waals surface area (Å²) >= 11 is 3.55. The summed E-state index contributed by atoms with van der Waals surface area (Å²) in [5, 5.41) is 1.81. The summed E-state index contributed by atoms with van der Waals surface area (Å²) in [6.45, 7) is 2.08. The Balaban J connectivity index is 2.13. The zero-order chi connectivity index (χ0) is 16.1. The third-order valence-corrected chi connectivity index (χ3v) is 5.10. The molecule has 0 atom stereocenters. The number of aryl methyl sites for hydroxylation is 1. The topological polar surface area (TPSA) is 34.1 Å². The van der Waals surface area contributed by atoms with Crippen LogP contribution in [0, 0.1) is 0 Å². The fourth-order valence-electron chi connectivity index (χ4n) is 3.23. The molecule has 1 aliphatic carbocycles. The fraction of sp³-hybridized carbons (Fsp3) is 0.100. The Labute approximate surface area is 142 Å². The van der Waals surface area contributed by atoms with Crippen LogP contribution in [0.3, 0.4) is 0 Å². The molecule has 0 heterocycles. The van der Waals surface area contributed by atoms with E-state index in [0.717, 1.165) is 27.2 Å². The second-order valence-electron chi connectivity index (χ2n) is 5.72. The smallest absolute Gasteiger partial charge is 0.195 e. The van der Waals surface area contributed by atoms with Crippen molar-refractivity contribution < 1.29 is 9.59 Å². The Morgan fingerprint density at radius 1 is 0.826 bits per heavy atom. The van der Waals surface area contributed by atoms with Crippen LogP contribution in [0.1, 0.15) is 44.3 Å². The van der Waals surface area contributed by atoms with Gasteiger partial charge in [-0.1, -0.05) is 65.3 Å². The minimum absolute atomic E-state index is 0.0686. The minimum Gasteiger partial charge on any atom is -0.289 e. The van der Waals surface area contributed by atoms with Crippen molar-refractivity contribution in [2.75, 3.05) is 0 Å². The third kappa shape index (κ3) is 2.00. The summed E-state index contributed by atoms with van der Waals surface area (Å²) in [4.78, 5) is 25.8. The average molecular weight is 365 g/mol. The van der Waals surface area contributed by atoms with Gasteiger partial charge in [0.2, 0.25) is 0 Å². The molecule has 23 heavy (non-hydrogen) atoms. The average Bonchev–Trinajstić information content (AvgIpc) is 2.59. The summed E-state index contributed by atoms with van der Waals surface area (Å²) in [7, 11) is 0. The highest BCUT2D eigenvalue weighted by molar-refractivity contribution is 9.10. The van der Waals surface area contributed by atoms with Crippen LogP contribution in [-0.2, 0) is 6.42 Å². The largest absolute Gasteiger partial charge is 0.289 e. The van der Waals surface area contributed by atoms with E-state index in [1.807, 2.05) is 12.1 Å². The molecule has 0 amide bonds. The molecule has 0 bridgehead atoms. The lowest BCUT2D eigenvalue weighted by Crippen LogP contribution is -2.21. The molecule has 0 aliphatic heterocycles. The first kappa shape index (κ1) is 14.3. The van der Waals surface area contributed by atoms with E-state index in [4.69, 9.17) is 0 Å². The van der Waals surface area contributed by atoms with E-state index in [1.165, 1.54) is 0 Å². The first-order chi connectivity index (χ1) is 11.1. The van der Waals surface area contributed by atoms with Gasteiger partial charge in [-0.15, -0.1) is 0 Å². The van der Waals surface area contributed by atoms with Gasteiger partial charge in [0.25, 0.3) is 0 Å². The highest BCUT2D eigenvalue weighted by Crippen LogP contribution is 2.36. The van der Waals surface area contributed by atoms with Gasteiger partial charge >= 0.3 is 0 Å². The number of carbonyl (C=O) groups is 2. The van der Waals surface area contributed by atoms with Gasteiger partial charge in [-0.3, -0.25) is 9.59 Å². The van der Waals surface area contributed by atoms with Gasteiger partial charge in [0.05, 0.1) is 0 Å². The molecule has 1 aliphatic rings. The molecule has 3 aromatic rings. The standard InChI is InChI=1S/C20H13BrO2/c1-2-11-7-8-12-15(9-11)18-16(10-17(12)21)19(22)13-5-3-4-6-14(13)20(18)23/h3-10H,2H2,1H3. The van der Waals surface area contributed by atoms with Crippen molar-refractivity contribution in [2.45, 2.75) is 13.3 Å². The molecule has 0 N–H and O–H groups in total. The summed E-state index contributed by atoms with van der Waals surface area (Å²) < 4.78 is 0.842. The highest BCUT2D eigenvalue weighted by Gasteiger charge is 2.31. The molecular weight excluding hydrogens is 352 g/mol. The van der Waals surface area contributed by atoms with E-state index in [1.54, 1.807) is 30.3 Å². The Hall–Kier alpha value is -2.26. The Bertz CT molecular complexity index is 1000. The molecule has 0 saturated carbocycles. The van der Waals surface area contributed by atoms with Crippen LogP contribution in [0.25, 0.3) is 10.8 Å². The van der Waals surface area contributed by atoms with Crippen LogP contribution in [0.2, 0.25) is 0 Å². The predicted molar refractivity (Wildman–Crippen MR) is 94.3 cm³/mol. The van der Waals surface area contributed by atoms with E-state index in [0.29, 0.717) is 22.3 Å². The summed E-state index contributed by atoms with van der Waals surface area (Å²) in [5.74, 6) is -0.152. The normalized spacial score (nSPS) is 13.1. The molecule has 3 heteroatoms. The first-order valence-corrected chi connectivity index (χ1v) is 8.34. The molecule has 3 aromatic carbocycles. The third-order valence-electron chi connectivity index (χ3n) is 4.45. The van der Waals surface area contributed by atoms with E-state index < -0.39 is 0 Å². The lowest BCUT2D eigenvalue weighted by atomic mass is 9.81. The van der Waals surface area contributed by atoms with Crippen molar-refractivity contribution >= 4 is 38.3 Å². The molecule has 112 valence electrons. The van der Waals surface area contributed by atoms with Gasteiger partial charge in [0, 0.05) is 26.7 Å². The molecule has 0 radical (unpaired) electrons. The molecule has 0 saturated heterocycles. The van der Waals surface area contributed by atoms with Crippen molar-refractivity contribution in [1.29, 1.82) is 0 Å². The van der Waals surface area contributed by atoms with Gasteiger partial charge in [0.1, 0.15) is 0 Å². The van der Waals surface area contributed by atoms with Gasteiger partial charge in [-0.2, -0.15) is 0 Å². The summed E-state index contributed by atoms with van der Waals surface area (Å²) in [6.07, 6.45) is 0.885. The molecule has 0 spiro atoms. The van der Waals surface area contributed by atoms with Gasteiger partial charge < -0.3 is 0 Å². The van der Waals surface area contributed by atoms with Crippen LogP contribution in [-0.4, -0.2) is 11.6 Å². The second-order valence-corrected chi connectivity index (χ2v) is 6.57. The van der Waals surface area contributed by atoms with E-state index >= 15 is 0 Å². The lowest BCUT2D eigenvalue weighted by Gasteiger charge is -2.20. The lowest BCUT2D eigenvalue weighted by molar-refractivity contribution is 0.0980. The number of rotatable bonds is 1. The molecule has 4 rings (SSSR count). The van der Waals surface area contributed by atoms with E-state index in [9.17, 15) is 9.59 Å². The van der Waals surface area contributed by atoms with Crippen molar-refractivity contribution in [1.82, 2.24) is 0 Å². The van der Waals surface area contributed by atoms with E-state index in [-0.39, 0.29) is 11.6 Å². The van der Waals surface area contributed by atoms with Crippen LogP contribution >= 0.6 is 15.9 Å². The maximum absolute atomic E-state index is 13.0. The monoisotopic (exact) mass is 364 g/mol. The van der Waals surface area contributed by atoms with Crippen molar-refractivity contribution in [3.8, 4) is 0 Å². The van der Waals surface area contributed by atoms with Crippen molar-refractivity contribution in [3.05, 3.63) is 80.8 Å². The minimum atomic E-state index is -0.0836. The Kier molecular flexibility index (Phi) is 3.20. The van der Waals surface area contributed by atoms with Crippen LogP contribution in [0.4, 0.5) is 0 Å². The zero-order valence-electron chi connectivity index (χ0n) is 12.5. The van der Waals surface area contributed by atoms with Crippen molar-refractivity contribution in [3.63, 3.8) is 0 Å². The zero-order valence-corrected chi connectivity index (χ0v) is 14.1. The highest BCUT2D eigenvalue weighted by atomic mass is 79.9. The fourth-order valence-corrected chi connectivity index (χ4v) is 3.81. The van der Waals surface area contributed by atoms with Crippen LogP contribution in [0.5, 0.6) is 0 Å². The second kappa shape index (κ2) is 5.14. The summed E-state index contributed by atoms with van der Waals surface area (Å²) in [6, 6.07) is 14.9. The molecule has 2 nitrogen and oxygen atoms in total. The number of hydrogen-bond acceptors (Lipinski definition) is 2. The van der Waals surface area contributed by atoms with E-state index in [2.05, 4.69) is 28.9 Å². The molecule has 0 fully saturated rings. The van der Waals surface area contributed by atoms with Crippen LogP contribution in [0.15, 0.2) is 53.0 Å². The summed E-state index contributed by atoms with van der Waals surface area (Å²) in [5.41, 5.74) is 3.15. The number of hydrogen-bond donors (Lipinski definition) is 0. The van der Waals surface area contributed by atoms with Gasteiger partial charge in [-0.05, 0) is 28.8 Å². The Morgan fingerprint density at radius 2 is 1.52 bits per heavy atom. The molecule has 0 unspecified atom stereocenters. The quantitative estimate of drug-likeness (QED) is 0.479. The van der Waals surface area contributed by atoms with Crippen molar-refractivity contribution in [2.24, 2.45) is 0 Å². The molecule has 0 aromatic heterocycles. The van der Waals surface area contributed by atoms with Crippen LogP contribution < -0.4 is 0 Å². The first-order valence-electron chi connectivity index (χ1n) is 7.55. The number of benzene rings is 3. The number of fused-ring (bicyclic) bond motifs is 4. The number of halogens is 1.